The molecular formula is C24H19Cl2NO2. The number of carbonyl (C=O) groups is 2. The van der Waals surface area contributed by atoms with Crippen molar-refractivity contribution in [2.75, 3.05) is 0 Å². The fourth-order valence-corrected chi connectivity index (χ4v) is 5.26. The van der Waals surface area contributed by atoms with E-state index in [-0.39, 0.29) is 17.0 Å². The first kappa shape index (κ1) is 18.7. The Morgan fingerprint density at radius 1 is 0.931 bits per heavy atom. The minimum absolute atomic E-state index is 0.0556. The van der Waals surface area contributed by atoms with Crippen LogP contribution >= 0.6 is 23.2 Å². The van der Waals surface area contributed by atoms with Crippen LogP contribution in [0.4, 0.5) is 0 Å². The molecule has 0 radical (unpaired) electrons. The van der Waals surface area contributed by atoms with Crippen LogP contribution in [0.15, 0.2) is 59.3 Å². The normalized spacial score (nSPS) is 22.3. The van der Waals surface area contributed by atoms with E-state index >= 15 is 0 Å². The molecule has 1 N–H and O–H groups in total. The van der Waals surface area contributed by atoms with Crippen molar-refractivity contribution in [1.29, 1.82) is 0 Å². The summed E-state index contributed by atoms with van der Waals surface area (Å²) in [5, 5.41) is 4.27. The number of fused-ring (bicyclic) bond motifs is 2. The van der Waals surface area contributed by atoms with Gasteiger partial charge in [-0.1, -0.05) is 73.4 Å². The van der Waals surface area contributed by atoms with E-state index in [9.17, 15) is 9.59 Å². The van der Waals surface area contributed by atoms with E-state index in [1.165, 1.54) is 0 Å². The molecule has 0 saturated carbocycles. The van der Waals surface area contributed by atoms with Crippen LogP contribution in [0.3, 0.4) is 0 Å². The maximum Gasteiger partial charge on any atom is 0.192 e. The van der Waals surface area contributed by atoms with Gasteiger partial charge in [0.05, 0.1) is 15.7 Å². The zero-order valence-corrected chi connectivity index (χ0v) is 17.6. The number of nitrogens with one attached hydrogen (secondary N) is 1. The lowest BCUT2D eigenvalue weighted by Crippen LogP contribution is -2.37. The molecule has 1 aliphatic heterocycles. The predicted molar refractivity (Wildman–Crippen MR) is 115 cm³/mol. The van der Waals surface area contributed by atoms with Gasteiger partial charge in [0.15, 0.2) is 11.6 Å². The van der Waals surface area contributed by atoms with Crippen LogP contribution in [-0.4, -0.2) is 11.6 Å². The Bertz CT molecular complexity index is 1170. The highest BCUT2D eigenvalue weighted by molar-refractivity contribution is 6.42. The summed E-state index contributed by atoms with van der Waals surface area (Å²) in [7, 11) is 0. The highest BCUT2D eigenvalue weighted by Crippen LogP contribution is 2.52. The predicted octanol–water partition coefficient (Wildman–Crippen LogP) is 5.93. The minimum atomic E-state index is -0.518. The van der Waals surface area contributed by atoms with Gasteiger partial charge in [-0.3, -0.25) is 9.59 Å². The Morgan fingerprint density at radius 2 is 1.66 bits per heavy atom. The Morgan fingerprint density at radius 3 is 2.41 bits per heavy atom. The zero-order chi connectivity index (χ0) is 20.5. The van der Waals surface area contributed by atoms with Crippen molar-refractivity contribution in [3.05, 3.63) is 86.0 Å². The quantitative estimate of drug-likeness (QED) is 0.617. The number of carbonyl (C=O) groups excluding carboxylic acids is 2. The molecule has 0 bridgehead atoms. The van der Waals surface area contributed by atoms with Gasteiger partial charge in [-0.05, 0) is 23.5 Å². The number of hydrogen-bond donors (Lipinski definition) is 1. The molecule has 1 heterocycles. The smallest absolute Gasteiger partial charge is 0.192 e. The summed E-state index contributed by atoms with van der Waals surface area (Å²) < 4.78 is 0. The maximum atomic E-state index is 13.4. The largest absolute Gasteiger partial charge is 0.358 e. The minimum Gasteiger partial charge on any atom is -0.358 e. The summed E-state index contributed by atoms with van der Waals surface area (Å²) in [6.45, 7) is 4.19. The molecule has 146 valence electrons. The Hall–Kier alpha value is -2.36. The van der Waals surface area contributed by atoms with E-state index in [0.717, 1.165) is 23.4 Å². The van der Waals surface area contributed by atoms with E-state index in [1.807, 2.05) is 36.4 Å². The summed E-state index contributed by atoms with van der Waals surface area (Å²) in [6.07, 6.45) is 1.17. The zero-order valence-electron chi connectivity index (χ0n) is 16.1. The third-order valence-corrected chi connectivity index (χ3v) is 6.85. The molecule has 2 aromatic carbocycles. The lowest BCUT2D eigenvalue weighted by atomic mass is 9.68. The molecule has 0 aromatic heterocycles. The van der Waals surface area contributed by atoms with Gasteiger partial charge in [-0.2, -0.15) is 0 Å². The van der Waals surface area contributed by atoms with Crippen molar-refractivity contribution < 1.29 is 9.59 Å². The molecule has 2 aliphatic carbocycles. The molecule has 0 saturated heterocycles. The first-order chi connectivity index (χ1) is 13.8. The highest BCUT2D eigenvalue weighted by Gasteiger charge is 2.46. The molecule has 3 aliphatic rings. The van der Waals surface area contributed by atoms with E-state index < -0.39 is 5.92 Å². The molecule has 5 heteroatoms. The van der Waals surface area contributed by atoms with Crippen LogP contribution in [-0.2, 0) is 4.79 Å². The highest BCUT2D eigenvalue weighted by atomic mass is 35.5. The van der Waals surface area contributed by atoms with Gasteiger partial charge < -0.3 is 5.32 Å². The van der Waals surface area contributed by atoms with Gasteiger partial charge in [0.1, 0.15) is 0 Å². The molecule has 0 spiro atoms. The lowest BCUT2D eigenvalue weighted by Gasteiger charge is -2.39. The number of hydrogen-bond acceptors (Lipinski definition) is 3. The monoisotopic (exact) mass is 423 g/mol. The van der Waals surface area contributed by atoms with Gasteiger partial charge in [-0.15, -0.1) is 0 Å². The number of dihydropyridines is 1. The topological polar surface area (TPSA) is 46.2 Å². The molecule has 29 heavy (non-hydrogen) atoms. The van der Waals surface area contributed by atoms with E-state index in [4.69, 9.17) is 23.2 Å². The van der Waals surface area contributed by atoms with Crippen molar-refractivity contribution >= 4 is 40.5 Å². The Labute approximate surface area is 179 Å². The molecular weight excluding hydrogens is 405 g/mol. The third kappa shape index (κ3) is 2.72. The first-order valence-electron chi connectivity index (χ1n) is 9.64. The van der Waals surface area contributed by atoms with E-state index in [2.05, 4.69) is 19.2 Å². The van der Waals surface area contributed by atoms with Gasteiger partial charge in [-0.25, -0.2) is 0 Å². The summed E-state index contributed by atoms with van der Waals surface area (Å²) in [5.41, 5.74) is 4.99. The Balaban J connectivity index is 1.79. The van der Waals surface area contributed by atoms with Crippen LogP contribution in [0.2, 0.25) is 10.0 Å². The van der Waals surface area contributed by atoms with Crippen LogP contribution in [0.5, 0.6) is 0 Å². The maximum absolute atomic E-state index is 13.4. The summed E-state index contributed by atoms with van der Waals surface area (Å²) in [5.74, 6) is -0.524. The fourth-order valence-electron chi connectivity index (χ4n) is 4.84. The number of rotatable bonds is 1. The van der Waals surface area contributed by atoms with Crippen molar-refractivity contribution in [2.24, 2.45) is 5.41 Å². The van der Waals surface area contributed by atoms with Crippen LogP contribution in [0, 0.1) is 5.41 Å². The molecule has 1 unspecified atom stereocenters. The first-order valence-corrected chi connectivity index (χ1v) is 10.4. The third-order valence-electron chi connectivity index (χ3n) is 6.02. The number of benzene rings is 2. The van der Waals surface area contributed by atoms with Crippen LogP contribution in [0.1, 0.15) is 54.1 Å². The van der Waals surface area contributed by atoms with Crippen molar-refractivity contribution in [1.82, 2.24) is 5.32 Å². The number of Topliss-reactive ketones (excluding diaryl/α,β-unsaturated/α-hetero) is 2. The van der Waals surface area contributed by atoms with Gasteiger partial charge >= 0.3 is 0 Å². The average molecular weight is 424 g/mol. The standard InChI is InChI=1S/C24H19Cl2NO2/c1-24(2)10-16-19(17(28)11-24)18(14-8-5-9-15(25)21(14)26)20-22(27-16)12-6-3-4-7-13(12)23(20)29/h3-9,18,27H,10-11H2,1-2H3. The lowest BCUT2D eigenvalue weighted by molar-refractivity contribution is -0.118. The molecule has 0 amide bonds. The summed E-state index contributed by atoms with van der Waals surface area (Å²) in [6, 6.07) is 13.0. The van der Waals surface area contributed by atoms with E-state index in [1.54, 1.807) is 6.07 Å². The SMILES string of the molecule is CC1(C)CC(=O)C2=C(C1)NC1=C(C(=O)c3ccccc31)C2c1cccc(Cl)c1Cl. The van der Waals surface area contributed by atoms with Crippen LogP contribution in [0.25, 0.3) is 5.70 Å². The molecule has 0 fully saturated rings. The number of ketones is 2. The van der Waals surface area contributed by atoms with Gasteiger partial charge in [0, 0.05) is 40.3 Å². The van der Waals surface area contributed by atoms with Gasteiger partial charge in [0.25, 0.3) is 0 Å². The fraction of sp³-hybridized carbons (Fsp3) is 0.250. The van der Waals surface area contributed by atoms with Crippen molar-refractivity contribution in [3.63, 3.8) is 0 Å². The molecule has 1 atom stereocenters. The average Bonchev–Trinajstić information content (AvgIpc) is 2.94. The van der Waals surface area contributed by atoms with Crippen molar-refractivity contribution in [2.45, 2.75) is 32.6 Å². The molecule has 5 rings (SSSR count). The van der Waals surface area contributed by atoms with E-state index in [0.29, 0.717) is 38.7 Å². The summed E-state index contributed by atoms with van der Waals surface area (Å²) >= 11 is 12.9. The van der Waals surface area contributed by atoms with Crippen LogP contribution < -0.4 is 5.32 Å². The summed E-state index contributed by atoms with van der Waals surface area (Å²) in [4.78, 5) is 26.7. The molecule has 3 nitrogen and oxygen atoms in total. The second-order valence-electron chi connectivity index (χ2n) is 8.70. The van der Waals surface area contributed by atoms with Crippen molar-refractivity contribution in [3.8, 4) is 0 Å². The Kier molecular flexibility index (Phi) is 4.06. The number of halogens is 2. The second kappa shape index (κ2) is 6.32. The second-order valence-corrected chi connectivity index (χ2v) is 9.48. The van der Waals surface area contributed by atoms with Gasteiger partial charge in [0.2, 0.25) is 0 Å². The molecule has 2 aromatic rings. The number of allylic oxidation sites excluding steroid dienone is 3.